The zero-order chi connectivity index (χ0) is 21.0. The van der Waals surface area contributed by atoms with E-state index in [0.29, 0.717) is 22.7 Å². The average Bonchev–Trinajstić information content (AvgIpc) is 3.02. The second kappa shape index (κ2) is 7.99. The molecule has 0 aromatic rings. The van der Waals surface area contributed by atoms with Crippen LogP contribution in [0.5, 0.6) is 0 Å². The minimum Gasteiger partial charge on any atom is -0.393 e. The molecule has 1 unspecified atom stereocenters. The summed E-state index contributed by atoms with van der Waals surface area (Å²) in [5.74, 6) is 4.73. The molecule has 4 rings (SSSR count). The molecule has 4 aliphatic rings. The van der Waals surface area contributed by atoms with Crippen LogP contribution in [0.4, 0.5) is 0 Å². The van der Waals surface area contributed by atoms with Gasteiger partial charge in [0.25, 0.3) is 0 Å². The number of hydrogen-bond donors (Lipinski definition) is 1. The third kappa shape index (κ3) is 3.56. The summed E-state index contributed by atoms with van der Waals surface area (Å²) in [7, 11) is 0. The Bertz CT molecular complexity index is 632. The Balaban J connectivity index is 1.54. The van der Waals surface area contributed by atoms with Crippen LogP contribution in [-0.2, 0) is 0 Å². The van der Waals surface area contributed by atoms with Crippen molar-refractivity contribution < 1.29 is 5.11 Å². The van der Waals surface area contributed by atoms with Crippen LogP contribution in [0.3, 0.4) is 0 Å². The third-order valence-corrected chi connectivity index (χ3v) is 10.7. The number of aliphatic hydroxyl groups is 1. The zero-order valence-corrected chi connectivity index (χ0v) is 20.3. The Morgan fingerprint density at radius 3 is 2.45 bits per heavy atom. The van der Waals surface area contributed by atoms with Crippen LogP contribution in [0.2, 0.25) is 0 Å². The Labute approximate surface area is 181 Å². The number of aliphatic hydroxyl groups excluding tert-OH is 1. The van der Waals surface area contributed by atoms with Gasteiger partial charge in [-0.3, -0.25) is 0 Å². The van der Waals surface area contributed by atoms with E-state index in [2.05, 4.69) is 41.5 Å². The molecule has 0 aliphatic heterocycles. The molecule has 8 atom stereocenters. The molecule has 29 heavy (non-hydrogen) atoms. The molecule has 166 valence electrons. The minimum atomic E-state index is -0.0633. The van der Waals surface area contributed by atoms with Crippen LogP contribution in [0.25, 0.3) is 0 Å². The highest BCUT2D eigenvalue weighted by Gasteiger charge is 2.56. The van der Waals surface area contributed by atoms with E-state index in [9.17, 15) is 5.11 Å². The van der Waals surface area contributed by atoms with Crippen molar-refractivity contribution in [2.45, 2.75) is 118 Å². The van der Waals surface area contributed by atoms with E-state index in [1.807, 2.05) is 11.1 Å². The summed E-state index contributed by atoms with van der Waals surface area (Å²) in [5, 5.41) is 10.5. The van der Waals surface area contributed by atoms with Gasteiger partial charge in [0.05, 0.1) is 6.10 Å². The van der Waals surface area contributed by atoms with Crippen molar-refractivity contribution in [2.24, 2.45) is 46.3 Å². The monoisotopic (exact) mass is 400 g/mol. The van der Waals surface area contributed by atoms with Crippen molar-refractivity contribution in [1.29, 1.82) is 0 Å². The van der Waals surface area contributed by atoms with Gasteiger partial charge in [-0.2, -0.15) is 0 Å². The number of rotatable bonds is 5. The highest BCUT2D eigenvalue weighted by molar-refractivity contribution is 5.34. The predicted molar refractivity (Wildman–Crippen MR) is 124 cm³/mol. The molecule has 1 N–H and O–H groups in total. The van der Waals surface area contributed by atoms with Gasteiger partial charge in [0.15, 0.2) is 0 Å². The van der Waals surface area contributed by atoms with E-state index in [-0.39, 0.29) is 6.10 Å². The first-order valence-electron chi connectivity index (χ1n) is 13.1. The van der Waals surface area contributed by atoms with Crippen molar-refractivity contribution in [2.75, 3.05) is 0 Å². The molecule has 0 aromatic carbocycles. The maximum Gasteiger partial charge on any atom is 0.0569 e. The fourth-order valence-electron chi connectivity index (χ4n) is 8.93. The summed E-state index contributed by atoms with van der Waals surface area (Å²) in [6.07, 6.45) is 14.8. The van der Waals surface area contributed by atoms with Gasteiger partial charge in [0.1, 0.15) is 0 Å². The highest BCUT2D eigenvalue weighted by Crippen LogP contribution is 2.66. The minimum absolute atomic E-state index is 0.0633. The summed E-state index contributed by atoms with van der Waals surface area (Å²) in [4.78, 5) is 0. The van der Waals surface area contributed by atoms with Crippen molar-refractivity contribution in [3.05, 3.63) is 11.1 Å². The van der Waals surface area contributed by atoms with Crippen LogP contribution in [0.15, 0.2) is 11.1 Å². The SMILES string of the molecule is CC(C)CCC[C@@H](C)C1CC[C@H]2C3=C(CC[C@]12C)[C@@]1(C)CC[C@H](O)[C@H](C)[C@@H]1CC3. The van der Waals surface area contributed by atoms with E-state index >= 15 is 0 Å². The molecule has 2 saturated carbocycles. The molecule has 1 heteroatoms. The predicted octanol–water partition coefficient (Wildman–Crippen LogP) is 7.78. The normalized spacial score (nSPS) is 45.7. The van der Waals surface area contributed by atoms with E-state index in [0.717, 1.165) is 30.1 Å². The first-order chi connectivity index (χ1) is 13.7. The molecule has 0 bridgehead atoms. The summed E-state index contributed by atoms with van der Waals surface area (Å²) < 4.78 is 0. The van der Waals surface area contributed by atoms with Crippen molar-refractivity contribution in [3.63, 3.8) is 0 Å². The number of fused-ring (bicyclic) bond motifs is 4. The summed E-state index contributed by atoms with van der Waals surface area (Å²) in [5.41, 5.74) is 4.73. The van der Waals surface area contributed by atoms with Crippen LogP contribution >= 0.6 is 0 Å². The lowest BCUT2D eigenvalue weighted by atomic mass is 9.49. The fraction of sp³-hybridized carbons (Fsp3) is 0.929. The summed E-state index contributed by atoms with van der Waals surface area (Å²) in [6, 6.07) is 0. The quantitative estimate of drug-likeness (QED) is 0.467. The molecular weight excluding hydrogens is 352 g/mol. The zero-order valence-electron chi connectivity index (χ0n) is 20.3. The summed E-state index contributed by atoms with van der Waals surface area (Å²) >= 11 is 0. The van der Waals surface area contributed by atoms with Crippen LogP contribution < -0.4 is 0 Å². The molecule has 1 nitrogen and oxygen atoms in total. The molecule has 0 saturated heterocycles. The Kier molecular flexibility index (Phi) is 6.04. The second-order valence-corrected chi connectivity index (χ2v) is 12.6. The van der Waals surface area contributed by atoms with Crippen molar-refractivity contribution in [3.8, 4) is 0 Å². The van der Waals surface area contributed by atoms with Crippen LogP contribution in [-0.4, -0.2) is 11.2 Å². The van der Waals surface area contributed by atoms with Gasteiger partial charge in [-0.05, 0) is 97.7 Å². The van der Waals surface area contributed by atoms with Gasteiger partial charge in [-0.25, -0.2) is 0 Å². The lowest BCUT2D eigenvalue weighted by Gasteiger charge is -2.56. The van der Waals surface area contributed by atoms with Gasteiger partial charge in [-0.15, -0.1) is 0 Å². The molecule has 0 amide bonds. The third-order valence-electron chi connectivity index (χ3n) is 10.7. The van der Waals surface area contributed by atoms with E-state index in [1.54, 1.807) is 0 Å². The van der Waals surface area contributed by atoms with E-state index in [4.69, 9.17) is 0 Å². The molecule has 0 aromatic heterocycles. The smallest absolute Gasteiger partial charge is 0.0569 e. The van der Waals surface area contributed by atoms with Gasteiger partial charge in [0, 0.05) is 0 Å². The topological polar surface area (TPSA) is 20.2 Å². The average molecular weight is 401 g/mol. The number of hydrogen-bond acceptors (Lipinski definition) is 1. The molecule has 2 fully saturated rings. The molecule has 4 aliphatic carbocycles. The first-order valence-corrected chi connectivity index (χ1v) is 13.1. The standard InChI is InChI=1S/C28H48O/c1-18(2)8-7-9-19(3)22-12-13-24-21-10-11-23-20(4)26(29)15-17-28(23,6)25(21)14-16-27(22,24)5/h18-20,22-24,26,29H,7-17H2,1-6H3/t19-,20-,22?,23+,24+,26+,27-,28+/m1/s1. The maximum atomic E-state index is 10.5. The molecule has 0 spiro atoms. The van der Waals surface area contributed by atoms with Gasteiger partial charge >= 0.3 is 0 Å². The fourth-order valence-corrected chi connectivity index (χ4v) is 8.93. The lowest BCUT2D eigenvalue weighted by molar-refractivity contribution is -0.0336. The Hall–Kier alpha value is -0.300. The first kappa shape index (κ1) is 21.9. The second-order valence-electron chi connectivity index (χ2n) is 12.6. The molecule has 0 radical (unpaired) electrons. The van der Waals surface area contributed by atoms with Crippen LogP contribution in [0, 0.1) is 46.3 Å². The van der Waals surface area contributed by atoms with Gasteiger partial charge in [0.2, 0.25) is 0 Å². The molecule has 0 heterocycles. The van der Waals surface area contributed by atoms with Gasteiger partial charge in [-0.1, -0.05) is 72.0 Å². The van der Waals surface area contributed by atoms with Crippen molar-refractivity contribution >= 4 is 0 Å². The largest absolute Gasteiger partial charge is 0.393 e. The Morgan fingerprint density at radius 1 is 0.966 bits per heavy atom. The highest BCUT2D eigenvalue weighted by atomic mass is 16.3. The van der Waals surface area contributed by atoms with Crippen LogP contribution in [0.1, 0.15) is 112 Å². The van der Waals surface area contributed by atoms with Gasteiger partial charge < -0.3 is 5.11 Å². The van der Waals surface area contributed by atoms with E-state index in [1.165, 1.54) is 64.2 Å². The number of allylic oxidation sites excluding steroid dienone is 2. The lowest BCUT2D eigenvalue weighted by Crippen LogP contribution is -2.49. The van der Waals surface area contributed by atoms with Crippen molar-refractivity contribution in [1.82, 2.24) is 0 Å². The maximum absolute atomic E-state index is 10.5. The summed E-state index contributed by atoms with van der Waals surface area (Å²) in [6.45, 7) is 14.9. The molecular formula is C28H48O. The Morgan fingerprint density at radius 2 is 1.72 bits per heavy atom. The van der Waals surface area contributed by atoms with E-state index < -0.39 is 0 Å².